The van der Waals surface area contributed by atoms with Gasteiger partial charge in [0.25, 0.3) is 0 Å². The fourth-order valence-electron chi connectivity index (χ4n) is 2.67. The molecule has 0 aliphatic rings. The van der Waals surface area contributed by atoms with Gasteiger partial charge in [0.15, 0.2) is 0 Å². The van der Waals surface area contributed by atoms with Crippen molar-refractivity contribution in [1.29, 1.82) is 0 Å². The summed E-state index contributed by atoms with van der Waals surface area (Å²) >= 11 is 0. The predicted octanol–water partition coefficient (Wildman–Crippen LogP) is 4.86. The summed E-state index contributed by atoms with van der Waals surface area (Å²) in [6.45, 7) is 8.17. The lowest BCUT2D eigenvalue weighted by Crippen LogP contribution is -2.28. The standard InChI is InChI=1S/C22H26O2/c1-6-18-12-16(4)21-11-10-20(14-19(21)13-18)24-17(5)22(23)9-7-8-15(2)3/h1,7-8,10-15,17,22-23H,9H2,2-5H3/b8-7+. The van der Waals surface area contributed by atoms with Crippen molar-refractivity contribution in [2.24, 2.45) is 5.92 Å². The van der Waals surface area contributed by atoms with Gasteiger partial charge in [0.2, 0.25) is 0 Å². The van der Waals surface area contributed by atoms with E-state index >= 15 is 0 Å². The molecule has 0 spiro atoms. The van der Waals surface area contributed by atoms with Crippen LogP contribution in [0.25, 0.3) is 10.8 Å². The zero-order chi connectivity index (χ0) is 17.7. The molecule has 126 valence electrons. The number of aryl methyl sites for hydroxylation is 1. The van der Waals surface area contributed by atoms with Crippen molar-refractivity contribution >= 4 is 10.8 Å². The highest BCUT2D eigenvalue weighted by molar-refractivity contribution is 5.88. The van der Waals surface area contributed by atoms with Gasteiger partial charge in [0.05, 0.1) is 6.10 Å². The number of allylic oxidation sites excluding steroid dienone is 1. The maximum Gasteiger partial charge on any atom is 0.122 e. The lowest BCUT2D eigenvalue weighted by atomic mass is 10.0. The van der Waals surface area contributed by atoms with Crippen LogP contribution in [0.15, 0.2) is 42.5 Å². The predicted molar refractivity (Wildman–Crippen MR) is 101 cm³/mol. The normalized spacial score (nSPS) is 14.0. The van der Waals surface area contributed by atoms with Gasteiger partial charge in [0, 0.05) is 5.56 Å². The van der Waals surface area contributed by atoms with Crippen LogP contribution in [0.5, 0.6) is 5.75 Å². The second kappa shape index (κ2) is 8.04. The molecular formula is C22H26O2. The maximum absolute atomic E-state index is 10.2. The molecule has 2 nitrogen and oxygen atoms in total. The molecule has 2 atom stereocenters. The minimum Gasteiger partial charge on any atom is -0.488 e. The molecular weight excluding hydrogens is 296 g/mol. The average molecular weight is 322 g/mol. The summed E-state index contributed by atoms with van der Waals surface area (Å²) in [5.41, 5.74) is 2.02. The lowest BCUT2D eigenvalue weighted by molar-refractivity contribution is 0.0497. The van der Waals surface area contributed by atoms with Crippen LogP contribution in [0.4, 0.5) is 0 Å². The van der Waals surface area contributed by atoms with Crippen LogP contribution in [0.1, 0.15) is 38.3 Å². The zero-order valence-corrected chi connectivity index (χ0v) is 14.9. The number of rotatable bonds is 6. The Balaban J connectivity index is 2.13. The van der Waals surface area contributed by atoms with Crippen LogP contribution >= 0.6 is 0 Å². The number of fused-ring (bicyclic) bond motifs is 1. The quantitative estimate of drug-likeness (QED) is 0.608. The van der Waals surface area contributed by atoms with E-state index in [2.05, 4.69) is 32.8 Å². The van der Waals surface area contributed by atoms with E-state index < -0.39 is 6.10 Å². The smallest absolute Gasteiger partial charge is 0.122 e. The highest BCUT2D eigenvalue weighted by Gasteiger charge is 2.15. The van der Waals surface area contributed by atoms with E-state index in [9.17, 15) is 5.11 Å². The van der Waals surface area contributed by atoms with Crippen LogP contribution < -0.4 is 4.74 Å². The Kier molecular flexibility index (Phi) is 6.06. The van der Waals surface area contributed by atoms with Crippen molar-refractivity contribution in [2.75, 3.05) is 0 Å². The summed E-state index contributed by atoms with van der Waals surface area (Å²) in [5.74, 6) is 3.92. The zero-order valence-electron chi connectivity index (χ0n) is 14.9. The Bertz CT molecular complexity index is 765. The van der Waals surface area contributed by atoms with Crippen LogP contribution in [-0.4, -0.2) is 17.3 Å². The van der Waals surface area contributed by atoms with Crippen molar-refractivity contribution < 1.29 is 9.84 Å². The van der Waals surface area contributed by atoms with Gasteiger partial charge in [-0.1, -0.05) is 38.0 Å². The molecule has 2 unspecified atom stereocenters. The summed E-state index contributed by atoms with van der Waals surface area (Å²) in [7, 11) is 0. The third kappa shape index (κ3) is 4.63. The Morgan fingerprint density at radius 1 is 1.21 bits per heavy atom. The second-order valence-corrected chi connectivity index (χ2v) is 6.62. The highest BCUT2D eigenvalue weighted by Crippen LogP contribution is 2.26. The summed E-state index contributed by atoms with van der Waals surface area (Å²) in [5, 5.41) is 12.4. The van der Waals surface area contributed by atoms with E-state index in [0.29, 0.717) is 12.3 Å². The Hall–Kier alpha value is -2.24. The first-order valence-corrected chi connectivity index (χ1v) is 8.43. The molecule has 2 aromatic carbocycles. The van der Waals surface area contributed by atoms with Gasteiger partial charge in [-0.3, -0.25) is 0 Å². The molecule has 0 heterocycles. The molecule has 0 aliphatic carbocycles. The van der Waals surface area contributed by atoms with Gasteiger partial charge < -0.3 is 9.84 Å². The molecule has 2 rings (SSSR count). The van der Waals surface area contributed by atoms with Crippen molar-refractivity contribution in [3.63, 3.8) is 0 Å². The molecule has 0 radical (unpaired) electrons. The van der Waals surface area contributed by atoms with Crippen LogP contribution in [0.3, 0.4) is 0 Å². The summed E-state index contributed by atoms with van der Waals surface area (Å²) in [6, 6.07) is 9.96. The minimum atomic E-state index is -0.533. The number of benzene rings is 2. The van der Waals surface area contributed by atoms with Crippen LogP contribution in [-0.2, 0) is 0 Å². The molecule has 0 fully saturated rings. The number of hydrogen-bond donors (Lipinski definition) is 1. The third-order valence-corrected chi connectivity index (χ3v) is 4.06. The topological polar surface area (TPSA) is 29.5 Å². The number of hydrogen-bond acceptors (Lipinski definition) is 2. The number of aliphatic hydroxyl groups is 1. The van der Waals surface area contributed by atoms with Gasteiger partial charge >= 0.3 is 0 Å². The number of aliphatic hydroxyl groups excluding tert-OH is 1. The van der Waals surface area contributed by atoms with Gasteiger partial charge in [0.1, 0.15) is 11.9 Å². The first-order chi connectivity index (χ1) is 11.4. The van der Waals surface area contributed by atoms with Gasteiger partial charge in [-0.2, -0.15) is 0 Å². The largest absolute Gasteiger partial charge is 0.488 e. The van der Waals surface area contributed by atoms with E-state index in [0.717, 1.165) is 27.6 Å². The molecule has 0 bridgehead atoms. The highest BCUT2D eigenvalue weighted by atomic mass is 16.5. The SMILES string of the molecule is C#Cc1cc(C)c2ccc(OC(C)C(O)C/C=C/C(C)C)cc2c1. The molecule has 1 N–H and O–H groups in total. The second-order valence-electron chi connectivity index (χ2n) is 6.62. The first kappa shape index (κ1) is 18.1. The van der Waals surface area contributed by atoms with E-state index in [1.54, 1.807) is 0 Å². The first-order valence-electron chi connectivity index (χ1n) is 8.43. The van der Waals surface area contributed by atoms with E-state index in [1.165, 1.54) is 0 Å². The van der Waals surface area contributed by atoms with E-state index in [4.69, 9.17) is 11.2 Å². The Morgan fingerprint density at radius 2 is 1.96 bits per heavy atom. The monoisotopic (exact) mass is 322 g/mol. The van der Waals surface area contributed by atoms with Gasteiger partial charge in [-0.25, -0.2) is 0 Å². The summed E-state index contributed by atoms with van der Waals surface area (Å²) in [6.07, 6.45) is 9.40. The molecule has 2 aromatic rings. The number of terminal acetylenes is 1. The van der Waals surface area contributed by atoms with Gasteiger partial charge in [-0.15, -0.1) is 6.42 Å². The fraction of sp³-hybridized carbons (Fsp3) is 0.364. The Labute approximate surface area is 145 Å². The van der Waals surface area contributed by atoms with Crippen LogP contribution in [0.2, 0.25) is 0 Å². The molecule has 0 aliphatic heterocycles. The van der Waals surface area contributed by atoms with Gasteiger partial charge in [-0.05, 0) is 66.8 Å². The summed E-state index contributed by atoms with van der Waals surface area (Å²) in [4.78, 5) is 0. The fourth-order valence-corrected chi connectivity index (χ4v) is 2.67. The molecule has 0 aromatic heterocycles. The number of ether oxygens (including phenoxy) is 1. The lowest BCUT2D eigenvalue weighted by Gasteiger charge is -2.20. The van der Waals surface area contributed by atoms with E-state index in [-0.39, 0.29) is 6.10 Å². The van der Waals surface area contributed by atoms with Crippen molar-refractivity contribution in [3.05, 3.63) is 53.6 Å². The minimum absolute atomic E-state index is 0.281. The Morgan fingerprint density at radius 3 is 2.62 bits per heavy atom. The third-order valence-electron chi connectivity index (χ3n) is 4.06. The van der Waals surface area contributed by atoms with Crippen molar-refractivity contribution in [2.45, 2.75) is 46.3 Å². The van der Waals surface area contributed by atoms with E-state index in [1.807, 2.05) is 43.3 Å². The molecule has 2 heteroatoms. The average Bonchev–Trinajstić information content (AvgIpc) is 2.53. The summed E-state index contributed by atoms with van der Waals surface area (Å²) < 4.78 is 5.92. The van der Waals surface area contributed by atoms with Crippen molar-refractivity contribution in [1.82, 2.24) is 0 Å². The van der Waals surface area contributed by atoms with Crippen molar-refractivity contribution in [3.8, 4) is 18.1 Å². The van der Waals surface area contributed by atoms with Crippen LogP contribution in [0, 0.1) is 25.2 Å². The molecule has 0 saturated carbocycles. The maximum atomic E-state index is 10.2. The molecule has 24 heavy (non-hydrogen) atoms. The molecule has 0 saturated heterocycles. The molecule has 0 amide bonds.